The Morgan fingerprint density at radius 1 is 1.22 bits per heavy atom. The number of nitrogens with one attached hydrogen (secondary N) is 1. The molecule has 0 bridgehead atoms. The third-order valence-corrected chi connectivity index (χ3v) is 3.40. The molecule has 3 nitrogen and oxygen atoms in total. The molecule has 0 aliphatic rings. The summed E-state index contributed by atoms with van der Waals surface area (Å²) in [6.45, 7) is 15.0. The summed E-state index contributed by atoms with van der Waals surface area (Å²) in [4.78, 5) is 6.94. The minimum absolute atomic E-state index is 0.505. The van der Waals surface area contributed by atoms with Crippen molar-refractivity contribution in [3.8, 4) is 0 Å². The Labute approximate surface area is 112 Å². The highest BCUT2D eigenvalue weighted by Crippen LogP contribution is 2.06. The van der Waals surface area contributed by atoms with Crippen LogP contribution in [0.5, 0.6) is 0 Å². The van der Waals surface area contributed by atoms with Gasteiger partial charge in [-0.05, 0) is 45.5 Å². The highest BCUT2D eigenvalue weighted by atomic mass is 15.1. The van der Waals surface area contributed by atoms with E-state index in [4.69, 9.17) is 0 Å². The molecular weight excluding hydrogens is 222 g/mol. The molecule has 0 saturated heterocycles. The van der Waals surface area contributed by atoms with Crippen LogP contribution in [-0.4, -0.2) is 35.6 Å². The van der Waals surface area contributed by atoms with E-state index in [0.29, 0.717) is 6.04 Å². The molecule has 0 amide bonds. The van der Waals surface area contributed by atoms with Crippen molar-refractivity contribution in [2.24, 2.45) is 0 Å². The Morgan fingerprint density at radius 2 is 1.89 bits per heavy atom. The third kappa shape index (κ3) is 4.75. The zero-order valence-electron chi connectivity index (χ0n) is 12.5. The van der Waals surface area contributed by atoms with E-state index in [0.717, 1.165) is 37.6 Å². The number of hydrogen-bond acceptors (Lipinski definition) is 3. The molecule has 0 saturated carbocycles. The zero-order chi connectivity index (χ0) is 13.5. The molecule has 1 atom stereocenters. The van der Waals surface area contributed by atoms with Gasteiger partial charge in [-0.2, -0.15) is 0 Å². The molecular formula is C15H27N3. The Balaban J connectivity index is 2.44. The van der Waals surface area contributed by atoms with Crippen LogP contribution >= 0.6 is 0 Å². The Hall–Kier alpha value is -0.930. The minimum atomic E-state index is 0.505. The molecule has 1 aromatic heterocycles. The summed E-state index contributed by atoms with van der Waals surface area (Å²) in [5.74, 6) is 0. The largest absolute Gasteiger partial charge is 0.309 e. The number of pyridine rings is 1. The van der Waals surface area contributed by atoms with Gasteiger partial charge in [-0.15, -0.1) is 0 Å². The minimum Gasteiger partial charge on any atom is -0.309 e. The van der Waals surface area contributed by atoms with Gasteiger partial charge in [0.25, 0.3) is 0 Å². The lowest BCUT2D eigenvalue weighted by molar-refractivity contribution is 0.270. The van der Waals surface area contributed by atoms with Crippen LogP contribution in [0.25, 0.3) is 0 Å². The van der Waals surface area contributed by atoms with Crippen LogP contribution in [0.2, 0.25) is 0 Å². The van der Waals surface area contributed by atoms with Crippen LogP contribution < -0.4 is 5.32 Å². The van der Waals surface area contributed by atoms with E-state index in [-0.39, 0.29) is 0 Å². The van der Waals surface area contributed by atoms with E-state index >= 15 is 0 Å². The topological polar surface area (TPSA) is 28.2 Å². The molecule has 3 heteroatoms. The van der Waals surface area contributed by atoms with Gasteiger partial charge in [-0.25, -0.2) is 0 Å². The Kier molecular flexibility index (Phi) is 6.30. The summed E-state index contributed by atoms with van der Waals surface area (Å²) < 4.78 is 0. The van der Waals surface area contributed by atoms with Crippen molar-refractivity contribution in [1.82, 2.24) is 15.2 Å². The first kappa shape index (κ1) is 15.1. The van der Waals surface area contributed by atoms with Gasteiger partial charge in [-0.3, -0.25) is 4.98 Å². The fraction of sp³-hybridized carbons (Fsp3) is 0.667. The van der Waals surface area contributed by atoms with E-state index in [2.05, 4.69) is 55.0 Å². The summed E-state index contributed by atoms with van der Waals surface area (Å²) in [6, 6.07) is 4.76. The predicted molar refractivity (Wildman–Crippen MR) is 77.8 cm³/mol. The van der Waals surface area contributed by atoms with Gasteiger partial charge in [0.15, 0.2) is 0 Å². The molecule has 0 spiro atoms. The van der Waals surface area contributed by atoms with E-state index in [1.807, 2.05) is 6.92 Å². The van der Waals surface area contributed by atoms with Gasteiger partial charge < -0.3 is 10.2 Å². The smallest absolute Gasteiger partial charge is 0.0420 e. The van der Waals surface area contributed by atoms with Crippen LogP contribution in [0.4, 0.5) is 0 Å². The number of rotatable bonds is 7. The monoisotopic (exact) mass is 249 g/mol. The maximum Gasteiger partial charge on any atom is 0.0420 e. The summed E-state index contributed by atoms with van der Waals surface area (Å²) >= 11 is 0. The van der Waals surface area contributed by atoms with Gasteiger partial charge in [-0.1, -0.05) is 19.9 Å². The molecule has 0 fully saturated rings. The van der Waals surface area contributed by atoms with Crippen molar-refractivity contribution in [1.29, 1.82) is 0 Å². The maximum atomic E-state index is 4.49. The van der Waals surface area contributed by atoms with E-state index in [1.165, 1.54) is 5.56 Å². The Bertz CT molecular complexity index is 359. The molecule has 0 aliphatic heterocycles. The van der Waals surface area contributed by atoms with E-state index < -0.39 is 0 Å². The first-order valence-corrected chi connectivity index (χ1v) is 6.95. The average molecular weight is 249 g/mol. The van der Waals surface area contributed by atoms with Crippen molar-refractivity contribution >= 4 is 0 Å². The van der Waals surface area contributed by atoms with Crippen molar-refractivity contribution < 1.29 is 0 Å². The van der Waals surface area contributed by atoms with Gasteiger partial charge in [0, 0.05) is 30.5 Å². The van der Waals surface area contributed by atoms with Gasteiger partial charge in [0.2, 0.25) is 0 Å². The van der Waals surface area contributed by atoms with Crippen LogP contribution in [-0.2, 0) is 6.54 Å². The second-order valence-electron chi connectivity index (χ2n) is 4.96. The molecule has 0 aromatic carbocycles. The lowest BCUT2D eigenvalue weighted by Crippen LogP contribution is -2.38. The summed E-state index contributed by atoms with van der Waals surface area (Å²) in [5.41, 5.74) is 3.52. The van der Waals surface area contributed by atoms with Crippen LogP contribution in [0.1, 0.15) is 37.7 Å². The average Bonchev–Trinajstić information content (AvgIpc) is 2.35. The summed E-state index contributed by atoms with van der Waals surface area (Å²) in [5, 5.41) is 3.58. The zero-order valence-corrected chi connectivity index (χ0v) is 12.5. The SMILES string of the molecule is CCN(CC)CC(C)NCc1ccc(C)nc1C. The first-order chi connectivity index (χ1) is 8.56. The second-order valence-corrected chi connectivity index (χ2v) is 4.96. The normalized spacial score (nSPS) is 13.0. The van der Waals surface area contributed by atoms with E-state index in [1.54, 1.807) is 0 Å². The molecule has 0 aliphatic carbocycles. The Morgan fingerprint density at radius 3 is 2.44 bits per heavy atom. The van der Waals surface area contributed by atoms with Gasteiger partial charge in [0.05, 0.1) is 0 Å². The fourth-order valence-electron chi connectivity index (χ4n) is 2.12. The first-order valence-electron chi connectivity index (χ1n) is 6.95. The number of hydrogen-bond donors (Lipinski definition) is 1. The van der Waals surface area contributed by atoms with Gasteiger partial charge >= 0.3 is 0 Å². The summed E-state index contributed by atoms with van der Waals surface area (Å²) in [6.07, 6.45) is 0. The lowest BCUT2D eigenvalue weighted by Gasteiger charge is -2.23. The molecule has 18 heavy (non-hydrogen) atoms. The number of aryl methyl sites for hydroxylation is 2. The molecule has 1 aromatic rings. The number of nitrogens with zero attached hydrogens (tertiary/aromatic N) is 2. The standard InChI is InChI=1S/C15H27N3/c1-6-18(7-2)11-13(4)16-10-15-9-8-12(3)17-14(15)5/h8-9,13,16H,6-7,10-11H2,1-5H3. The van der Waals surface area contributed by atoms with Gasteiger partial charge in [0.1, 0.15) is 0 Å². The van der Waals surface area contributed by atoms with Crippen molar-refractivity contribution in [3.05, 3.63) is 29.1 Å². The van der Waals surface area contributed by atoms with Crippen LogP contribution in [0.3, 0.4) is 0 Å². The van der Waals surface area contributed by atoms with Crippen LogP contribution in [0.15, 0.2) is 12.1 Å². The maximum absolute atomic E-state index is 4.49. The molecule has 102 valence electrons. The van der Waals surface area contributed by atoms with Crippen molar-refractivity contribution in [2.75, 3.05) is 19.6 Å². The third-order valence-electron chi connectivity index (χ3n) is 3.40. The molecule has 1 N–H and O–H groups in total. The number of aromatic nitrogens is 1. The second kappa shape index (κ2) is 7.49. The fourth-order valence-corrected chi connectivity index (χ4v) is 2.12. The highest BCUT2D eigenvalue weighted by Gasteiger charge is 2.07. The lowest BCUT2D eigenvalue weighted by atomic mass is 10.1. The molecule has 1 heterocycles. The quantitative estimate of drug-likeness (QED) is 0.805. The van der Waals surface area contributed by atoms with Crippen LogP contribution in [0, 0.1) is 13.8 Å². The molecule has 1 rings (SSSR count). The van der Waals surface area contributed by atoms with Crippen molar-refractivity contribution in [3.63, 3.8) is 0 Å². The van der Waals surface area contributed by atoms with E-state index in [9.17, 15) is 0 Å². The van der Waals surface area contributed by atoms with Crippen molar-refractivity contribution in [2.45, 2.75) is 47.2 Å². The molecule has 1 unspecified atom stereocenters. The number of likely N-dealkylation sites (N-methyl/N-ethyl adjacent to an activating group) is 1. The highest BCUT2D eigenvalue weighted by molar-refractivity contribution is 5.21. The summed E-state index contributed by atoms with van der Waals surface area (Å²) in [7, 11) is 0. The molecule has 0 radical (unpaired) electrons. The predicted octanol–water partition coefficient (Wildman–Crippen LogP) is 2.52.